The summed E-state index contributed by atoms with van der Waals surface area (Å²) in [5.74, 6) is 1.30. The number of benzene rings is 6. The maximum atomic E-state index is 6.46. The van der Waals surface area contributed by atoms with Gasteiger partial charge >= 0.3 is 0 Å². The van der Waals surface area contributed by atoms with E-state index in [1.54, 1.807) is 0 Å². The quantitative estimate of drug-likeness (QED) is 0.203. The smallest absolute Gasteiger partial charge is 0.158 e. The summed E-state index contributed by atoms with van der Waals surface area (Å²) in [5.41, 5.74) is 17.9. The van der Waals surface area contributed by atoms with Crippen LogP contribution in [0.25, 0.3) is 44.2 Å². The Labute approximate surface area is 300 Å². The molecule has 6 aromatic carbocycles. The number of furan rings is 1. The van der Waals surface area contributed by atoms with Gasteiger partial charge in [0.1, 0.15) is 5.58 Å². The third-order valence-corrected chi connectivity index (χ3v) is 13.1. The minimum Gasteiger partial charge on any atom is -0.454 e. The third kappa shape index (κ3) is 4.35. The monoisotopic (exact) mass is 661 g/mol. The first-order valence-corrected chi connectivity index (χ1v) is 19.5. The van der Waals surface area contributed by atoms with Crippen molar-refractivity contribution in [1.29, 1.82) is 0 Å². The second-order valence-corrected chi connectivity index (χ2v) is 15.7. The Morgan fingerprint density at radius 2 is 1.04 bits per heavy atom. The van der Waals surface area contributed by atoms with Crippen LogP contribution in [0.1, 0.15) is 109 Å². The van der Waals surface area contributed by atoms with Gasteiger partial charge in [0.25, 0.3) is 0 Å². The number of anilines is 2. The predicted octanol–water partition coefficient (Wildman–Crippen LogP) is 13.8. The molecule has 11 rings (SSSR count). The van der Waals surface area contributed by atoms with Crippen LogP contribution in [-0.4, -0.2) is 0 Å². The average molecular weight is 662 g/mol. The Bertz CT molecular complexity index is 2420. The van der Waals surface area contributed by atoms with E-state index in [4.69, 9.17) is 4.42 Å². The van der Waals surface area contributed by atoms with E-state index in [1.807, 2.05) is 6.07 Å². The molecule has 0 atom stereocenters. The summed E-state index contributed by atoms with van der Waals surface area (Å²) in [6.45, 7) is 0. The summed E-state index contributed by atoms with van der Waals surface area (Å²) >= 11 is 0. The van der Waals surface area contributed by atoms with Crippen molar-refractivity contribution in [2.75, 3.05) is 5.32 Å². The van der Waals surface area contributed by atoms with E-state index in [2.05, 4.69) is 121 Å². The minimum absolute atomic E-state index is 0.366. The molecule has 0 aliphatic heterocycles. The first-order chi connectivity index (χ1) is 25.3. The fourth-order valence-electron chi connectivity index (χ4n) is 10.7. The molecule has 2 heteroatoms. The molecule has 1 spiro atoms. The number of rotatable bonds is 4. The van der Waals surface area contributed by atoms with Crippen LogP contribution in [-0.2, 0) is 5.41 Å². The van der Waals surface area contributed by atoms with E-state index in [1.165, 1.54) is 120 Å². The van der Waals surface area contributed by atoms with Gasteiger partial charge in [-0.2, -0.15) is 0 Å². The first kappa shape index (κ1) is 29.6. The fourth-order valence-corrected chi connectivity index (χ4v) is 10.7. The van der Waals surface area contributed by atoms with E-state index < -0.39 is 0 Å². The number of para-hydroxylation sites is 2. The normalized spacial score (nSPS) is 17.8. The molecule has 2 nitrogen and oxygen atoms in total. The van der Waals surface area contributed by atoms with Crippen molar-refractivity contribution in [3.63, 3.8) is 0 Å². The van der Waals surface area contributed by atoms with Crippen LogP contribution in [0.2, 0.25) is 0 Å². The molecular weight excluding hydrogens is 619 g/mol. The predicted molar refractivity (Wildman–Crippen MR) is 211 cm³/mol. The molecule has 4 aliphatic carbocycles. The van der Waals surface area contributed by atoms with Gasteiger partial charge < -0.3 is 9.73 Å². The van der Waals surface area contributed by atoms with Crippen LogP contribution in [0.4, 0.5) is 11.4 Å². The molecule has 1 heterocycles. The van der Waals surface area contributed by atoms with Crippen molar-refractivity contribution in [3.8, 4) is 22.3 Å². The molecule has 0 radical (unpaired) electrons. The zero-order valence-corrected chi connectivity index (χ0v) is 29.2. The van der Waals surface area contributed by atoms with E-state index in [0.717, 1.165) is 33.3 Å². The average Bonchev–Trinajstić information content (AvgIpc) is 3.82. The van der Waals surface area contributed by atoms with Crippen molar-refractivity contribution in [3.05, 3.63) is 155 Å². The highest BCUT2D eigenvalue weighted by Crippen LogP contribution is 2.64. The van der Waals surface area contributed by atoms with Gasteiger partial charge in [-0.1, -0.05) is 136 Å². The minimum atomic E-state index is -0.366. The molecule has 7 aromatic rings. The van der Waals surface area contributed by atoms with Crippen LogP contribution in [0.5, 0.6) is 0 Å². The summed E-state index contributed by atoms with van der Waals surface area (Å²) < 4.78 is 6.46. The fraction of sp³-hybridized carbons (Fsp3) is 0.265. The van der Waals surface area contributed by atoms with Gasteiger partial charge in [-0.25, -0.2) is 0 Å². The molecule has 250 valence electrons. The molecular formula is C49H43NO. The van der Waals surface area contributed by atoms with Gasteiger partial charge in [0.2, 0.25) is 0 Å². The SMILES string of the molecule is c1ccc2c(c1)-c1ccc(Nc3cccc4c3oc3ccccc34)cc1C21c2cc(C3CCCCC3)ccc2-c2ccc(C3CCCCC3)cc21. The van der Waals surface area contributed by atoms with Crippen molar-refractivity contribution >= 4 is 33.3 Å². The van der Waals surface area contributed by atoms with Gasteiger partial charge in [0.05, 0.1) is 11.1 Å². The Morgan fingerprint density at radius 1 is 0.471 bits per heavy atom. The lowest BCUT2D eigenvalue weighted by Gasteiger charge is -2.32. The van der Waals surface area contributed by atoms with E-state index in [9.17, 15) is 0 Å². The summed E-state index contributed by atoms with van der Waals surface area (Å²) in [6, 6.07) is 46.4. The summed E-state index contributed by atoms with van der Waals surface area (Å²) in [7, 11) is 0. The molecule has 0 unspecified atom stereocenters. The lowest BCUT2D eigenvalue weighted by molar-refractivity contribution is 0.443. The van der Waals surface area contributed by atoms with Gasteiger partial charge in [-0.3, -0.25) is 0 Å². The molecule has 51 heavy (non-hydrogen) atoms. The standard InChI is InChI=1S/C49H43NO/c1-3-12-31(13-4-1)33-22-25-37-38-26-23-34(32-14-5-2-6-15-32)29-44(38)49(43(37)28-33)42-19-9-7-16-36(42)39-27-24-35(30-45(39)49)50-46-20-11-18-41-40-17-8-10-21-47(40)51-48(41)46/h7-11,16-32,50H,1-6,12-15H2. The Kier molecular flexibility index (Phi) is 6.66. The van der Waals surface area contributed by atoms with E-state index in [0.29, 0.717) is 11.8 Å². The number of hydrogen-bond donors (Lipinski definition) is 1. The van der Waals surface area contributed by atoms with Crippen LogP contribution in [0, 0.1) is 0 Å². The van der Waals surface area contributed by atoms with Gasteiger partial charge in [0, 0.05) is 16.5 Å². The molecule has 0 amide bonds. The van der Waals surface area contributed by atoms with Crippen molar-refractivity contribution < 1.29 is 4.42 Å². The molecule has 1 N–H and O–H groups in total. The lowest BCUT2D eigenvalue weighted by atomic mass is 9.69. The summed E-state index contributed by atoms with van der Waals surface area (Å²) in [4.78, 5) is 0. The highest BCUT2D eigenvalue weighted by Gasteiger charge is 2.52. The van der Waals surface area contributed by atoms with Crippen molar-refractivity contribution in [2.45, 2.75) is 81.5 Å². The topological polar surface area (TPSA) is 25.2 Å². The lowest BCUT2D eigenvalue weighted by Crippen LogP contribution is -2.26. The molecule has 0 bridgehead atoms. The van der Waals surface area contributed by atoms with Gasteiger partial charge in [-0.05, 0) is 117 Å². The maximum absolute atomic E-state index is 6.46. The highest BCUT2D eigenvalue weighted by atomic mass is 16.3. The van der Waals surface area contributed by atoms with Crippen LogP contribution in [0.15, 0.2) is 126 Å². The maximum Gasteiger partial charge on any atom is 0.158 e. The molecule has 0 saturated heterocycles. The molecule has 2 fully saturated rings. The van der Waals surface area contributed by atoms with Crippen molar-refractivity contribution in [1.82, 2.24) is 0 Å². The third-order valence-electron chi connectivity index (χ3n) is 13.1. The second kappa shape index (κ2) is 11.5. The Hall–Kier alpha value is -5.08. The molecule has 1 aromatic heterocycles. The molecule has 4 aliphatic rings. The number of hydrogen-bond acceptors (Lipinski definition) is 2. The summed E-state index contributed by atoms with van der Waals surface area (Å²) in [6.07, 6.45) is 13.3. The second-order valence-electron chi connectivity index (χ2n) is 15.7. The largest absolute Gasteiger partial charge is 0.454 e. The molecule has 2 saturated carbocycles. The zero-order valence-electron chi connectivity index (χ0n) is 29.2. The van der Waals surface area contributed by atoms with Gasteiger partial charge in [-0.15, -0.1) is 0 Å². The number of nitrogens with one attached hydrogen (secondary N) is 1. The van der Waals surface area contributed by atoms with Crippen LogP contribution in [0.3, 0.4) is 0 Å². The zero-order chi connectivity index (χ0) is 33.5. The van der Waals surface area contributed by atoms with Crippen LogP contribution < -0.4 is 5.32 Å². The van der Waals surface area contributed by atoms with E-state index in [-0.39, 0.29) is 5.41 Å². The first-order valence-electron chi connectivity index (χ1n) is 19.5. The summed E-state index contributed by atoms with van der Waals surface area (Å²) in [5, 5.41) is 6.15. The van der Waals surface area contributed by atoms with Crippen LogP contribution >= 0.6 is 0 Å². The Morgan fingerprint density at radius 3 is 1.75 bits per heavy atom. The highest BCUT2D eigenvalue weighted by molar-refractivity contribution is 6.09. The van der Waals surface area contributed by atoms with Gasteiger partial charge in [0.15, 0.2) is 5.58 Å². The van der Waals surface area contributed by atoms with E-state index >= 15 is 0 Å². The van der Waals surface area contributed by atoms with Crippen molar-refractivity contribution in [2.24, 2.45) is 0 Å². The Balaban J connectivity index is 1.14. The number of fused-ring (bicyclic) bond motifs is 13.